The Morgan fingerprint density at radius 1 is 1.57 bits per heavy atom. The topological polar surface area (TPSA) is 69.1 Å². The summed E-state index contributed by atoms with van der Waals surface area (Å²) in [5, 5.41) is 0.594. The number of hydrogen-bond acceptors (Lipinski definition) is 3. The van der Waals surface area contributed by atoms with Gasteiger partial charge in [0.1, 0.15) is 0 Å². The van der Waals surface area contributed by atoms with Crippen LogP contribution >= 0.6 is 11.3 Å². The Hall–Kier alpha value is -1.03. The first-order valence-corrected chi connectivity index (χ1v) is 5.63. The minimum Gasteiger partial charge on any atom is -0.390 e. The van der Waals surface area contributed by atoms with Gasteiger partial charge < -0.3 is 11.5 Å². The van der Waals surface area contributed by atoms with Gasteiger partial charge in [-0.2, -0.15) is 0 Å². The molecular formula is C10H14N2OS. The van der Waals surface area contributed by atoms with Crippen LogP contribution in [0.1, 0.15) is 46.5 Å². The van der Waals surface area contributed by atoms with E-state index < -0.39 is 0 Å². The molecule has 0 saturated carbocycles. The lowest BCUT2D eigenvalue weighted by Crippen LogP contribution is -2.16. The van der Waals surface area contributed by atoms with Gasteiger partial charge in [0, 0.05) is 4.88 Å². The standard InChI is InChI=1S/C10H14N2OS/c1-5-3-2-4-6-7(5)8(9(11)13)10(12)14-6/h5H,2-4,12H2,1H3,(H2,11,13)/t5-/m0/s1. The van der Waals surface area contributed by atoms with Crippen LogP contribution < -0.4 is 11.5 Å². The molecule has 0 fully saturated rings. The first kappa shape index (κ1) is 9.52. The second-order valence-electron chi connectivity index (χ2n) is 3.84. The van der Waals surface area contributed by atoms with Gasteiger partial charge >= 0.3 is 0 Å². The number of nitrogen functional groups attached to an aromatic ring is 1. The third kappa shape index (κ3) is 1.30. The van der Waals surface area contributed by atoms with Gasteiger partial charge in [-0.3, -0.25) is 4.79 Å². The summed E-state index contributed by atoms with van der Waals surface area (Å²) in [4.78, 5) is 12.5. The SMILES string of the molecule is C[C@H]1CCCc2sc(N)c(C(N)=O)c21. The van der Waals surface area contributed by atoms with E-state index in [4.69, 9.17) is 11.5 Å². The first-order chi connectivity index (χ1) is 6.61. The lowest BCUT2D eigenvalue weighted by molar-refractivity contribution is 0.1000. The second kappa shape index (κ2) is 3.28. The van der Waals surface area contributed by atoms with Gasteiger partial charge in [0.2, 0.25) is 0 Å². The summed E-state index contributed by atoms with van der Waals surface area (Å²) in [5.74, 6) is 0.0450. The summed E-state index contributed by atoms with van der Waals surface area (Å²) >= 11 is 1.53. The van der Waals surface area contributed by atoms with Crippen molar-refractivity contribution in [2.75, 3.05) is 5.73 Å². The van der Waals surface area contributed by atoms with Crippen molar-refractivity contribution < 1.29 is 4.79 Å². The van der Waals surface area contributed by atoms with Crippen LogP contribution in [0.5, 0.6) is 0 Å². The zero-order valence-corrected chi connectivity index (χ0v) is 8.99. The number of anilines is 1. The lowest BCUT2D eigenvalue weighted by atomic mass is 9.86. The Labute approximate surface area is 87.1 Å². The molecule has 2 rings (SSSR count). The predicted molar refractivity (Wildman–Crippen MR) is 58.6 cm³/mol. The molecule has 1 aliphatic carbocycles. The van der Waals surface area contributed by atoms with E-state index in [0.29, 0.717) is 16.5 Å². The van der Waals surface area contributed by atoms with Crippen LogP contribution in [0.25, 0.3) is 0 Å². The normalized spacial score (nSPS) is 20.5. The molecule has 0 bridgehead atoms. The van der Waals surface area contributed by atoms with Crippen LogP contribution in [0.4, 0.5) is 5.00 Å². The monoisotopic (exact) mass is 210 g/mol. The molecule has 0 aliphatic heterocycles. The average molecular weight is 210 g/mol. The van der Waals surface area contributed by atoms with Crippen molar-refractivity contribution >= 4 is 22.2 Å². The number of fused-ring (bicyclic) bond motifs is 1. The highest BCUT2D eigenvalue weighted by Gasteiger charge is 2.26. The van der Waals surface area contributed by atoms with E-state index in [0.717, 1.165) is 18.4 Å². The fraction of sp³-hybridized carbons (Fsp3) is 0.500. The Morgan fingerprint density at radius 2 is 2.29 bits per heavy atom. The van der Waals surface area contributed by atoms with E-state index in [1.165, 1.54) is 22.6 Å². The molecule has 0 spiro atoms. The molecule has 1 aromatic heterocycles. The highest BCUT2D eigenvalue weighted by molar-refractivity contribution is 7.16. The number of carbonyl (C=O) groups excluding carboxylic acids is 1. The molecule has 1 atom stereocenters. The number of hydrogen-bond donors (Lipinski definition) is 2. The van der Waals surface area contributed by atoms with Gasteiger partial charge in [0.25, 0.3) is 5.91 Å². The molecule has 1 amide bonds. The maximum absolute atomic E-state index is 11.2. The molecule has 0 unspecified atom stereocenters. The molecule has 3 nitrogen and oxygen atoms in total. The fourth-order valence-electron chi connectivity index (χ4n) is 2.19. The largest absolute Gasteiger partial charge is 0.390 e. The smallest absolute Gasteiger partial charge is 0.251 e. The zero-order chi connectivity index (χ0) is 10.3. The van der Waals surface area contributed by atoms with Crippen LogP contribution in [0, 0.1) is 0 Å². The van der Waals surface area contributed by atoms with Gasteiger partial charge in [-0.05, 0) is 30.7 Å². The number of aryl methyl sites for hydroxylation is 1. The molecule has 4 N–H and O–H groups in total. The molecule has 76 valence electrons. The Balaban J connectivity index is 2.59. The summed E-state index contributed by atoms with van der Waals surface area (Å²) < 4.78 is 0. The van der Waals surface area contributed by atoms with Crippen molar-refractivity contribution in [3.05, 3.63) is 16.0 Å². The first-order valence-electron chi connectivity index (χ1n) is 4.82. The third-order valence-corrected chi connectivity index (χ3v) is 3.92. The Bertz CT molecular complexity index is 384. The minimum absolute atomic E-state index is 0.381. The maximum atomic E-state index is 11.2. The van der Waals surface area contributed by atoms with E-state index >= 15 is 0 Å². The van der Waals surface area contributed by atoms with Gasteiger partial charge in [-0.1, -0.05) is 6.92 Å². The van der Waals surface area contributed by atoms with E-state index in [9.17, 15) is 4.79 Å². The molecule has 1 aliphatic rings. The molecule has 0 radical (unpaired) electrons. The quantitative estimate of drug-likeness (QED) is 0.743. The van der Waals surface area contributed by atoms with Gasteiger partial charge in [0.15, 0.2) is 0 Å². The summed E-state index contributed by atoms with van der Waals surface area (Å²) in [7, 11) is 0. The van der Waals surface area contributed by atoms with Crippen molar-refractivity contribution in [1.82, 2.24) is 0 Å². The summed E-state index contributed by atoms with van der Waals surface area (Å²) in [6, 6.07) is 0. The van der Waals surface area contributed by atoms with Crippen molar-refractivity contribution in [1.29, 1.82) is 0 Å². The molecule has 4 heteroatoms. The zero-order valence-electron chi connectivity index (χ0n) is 8.17. The minimum atomic E-state index is -0.381. The number of amides is 1. The number of rotatable bonds is 1. The Kier molecular flexibility index (Phi) is 2.23. The third-order valence-electron chi connectivity index (χ3n) is 2.83. The van der Waals surface area contributed by atoms with Crippen LogP contribution in [-0.4, -0.2) is 5.91 Å². The summed E-state index contributed by atoms with van der Waals surface area (Å²) in [5.41, 5.74) is 12.8. The van der Waals surface area contributed by atoms with Gasteiger partial charge in [-0.15, -0.1) is 11.3 Å². The number of primary amides is 1. The van der Waals surface area contributed by atoms with Crippen molar-refractivity contribution in [2.45, 2.75) is 32.1 Å². The van der Waals surface area contributed by atoms with Crippen LogP contribution in [-0.2, 0) is 6.42 Å². The van der Waals surface area contributed by atoms with E-state index in [2.05, 4.69) is 6.92 Å². The van der Waals surface area contributed by atoms with E-state index in [1.54, 1.807) is 0 Å². The molecule has 0 saturated heterocycles. The van der Waals surface area contributed by atoms with E-state index in [1.807, 2.05) is 0 Å². The fourth-order valence-corrected chi connectivity index (χ4v) is 3.42. The Morgan fingerprint density at radius 3 is 2.93 bits per heavy atom. The highest BCUT2D eigenvalue weighted by atomic mass is 32.1. The van der Waals surface area contributed by atoms with Crippen LogP contribution in [0.15, 0.2) is 0 Å². The van der Waals surface area contributed by atoms with Crippen molar-refractivity contribution in [3.8, 4) is 0 Å². The van der Waals surface area contributed by atoms with Gasteiger partial charge in [0.05, 0.1) is 10.6 Å². The van der Waals surface area contributed by atoms with Crippen molar-refractivity contribution in [3.63, 3.8) is 0 Å². The number of nitrogens with two attached hydrogens (primary N) is 2. The molecule has 1 heterocycles. The molecule has 1 aromatic rings. The van der Waals surface area contributed by atoms with Gasteiger partial charge in [-0.25, -0.2) is 0 Å². The maximum Gasteiger partial charge on any atom is 0.251 e. The molecule has 0 aromatic carbocycles. The summed E-state index contributed by atoms with van der Waals surface area (Å²) in [6.45, 7) is 2.14. The second-order valence-corrected chi connectivity index (χ2v) is 4.97. The van der Waals surface area contributed by atoms with Crippen molar-refractivity contribution in [2.24, 2.45) is 5.73 Å². The molecular weight excluding hydrogens is 196 g/mol. The van der Waals surface area contributed by atoms with Crippen LogP contribution in [0.2, 0.25) is 0 Å². The average Bonchev–Trinajstić information content (AvgIpc) is 2.42. The number of thiophene rings is 1. The highest BCUT2D eigenvalue weighted by Crippen LogP contribution is 2.41. The van der Waals surface area contributed by atoms with E-state index in [-0.39, 0.29) is 5.91 Å². The summed E-state index contributed by atoms with van der Waals surface area (Å²) in [6.07, 6.45) is 3.36. The lowest BCUT2D eigenvalue weighted by Gasteiger charge is -2.19. The predicted octanol–water partition coefficient (Wildman–Crippen LogP) is 1.87. The van der Waals surface area contributed by atoms with Crippen LogP contribution in [0.3, 0.4) is 0 Å². The molecule has 14 heavy (non-hydrogen) atoms. The number of carbonyl (C=O) groups is 1.